The van der Waals surface area contributed by atoms with Crippen molar-refractivity contribution in [2.75, 3.05) is 6.61 Å². The summed E-state index contributed by atoms with van der Waals surface area (Å²) in [4.78, 5) is 0. The zero-order chi connectivity index (χ0) is 10.6. The van der Waals surface area contributed by atoms with Crippen molar-refractivity contribution >= 4 is 0 Å². The lowest BCUT2D eigenvalue weighted by molar-refractivity contribution is 0.294. The van der Waals surface area contributed by atoms with E-state index >= 15 is 0 Å². The number of hydrogen-bond acceptors (Lipinski definition) is 3. The standard InChI is InChI=1S/C11H15NO2/c1-5-6-13-11-7-10(14-12-11)9(4)8(2)3/h1,7-9H,6H2,2-4H3. The van der Waals surface area contributed by atoms with Crippen LogP contribution in [0.25, 0.3) is 0 Å². The van der Waals surface area contributed by atoms with Crippen molar-refractivity contribution in [3.05, 3.63) is 11.8 Å². The van der Waals surface area contributed by atoms with Crippen LogP contribution >= 0.6 is 0 Å². The maximum atomic E-state index is 5.14. The number of nitrogens with zero attached hydrogens (tertiary/aromatic N) is 1. The molecule has 0 saturated heterocycles. The summed E-state index contributed by atoms with van der Waals surface area (Å²) in [6.07, 6.45) is 5.06. The zero-order valence-corrected chi connectivity index (χ0v) is 8.78. The third kappa shape index (κ3) is 2.53. The molecule has 1 unspecified atom stereocenters. The first kappa shape index (κ1) is 10.6. The molecule has 0 spiro atoms. The topological polar surface area (TPSA) is 35.3 Å². The van der Waals surface area contributed by atoms with Gasteiger partial charge in [-0.1, -0.05) is 26.7 Å². The second kappa shape index (κ2) is 4.71. The number of aromatic nitrogens is 1. The van der Waals surface area contributed by atoms with Crippen LogP contribution < -0.4 is 4.74 Å². The van der Waals surface area contributed by atoms with Crippen molar-refractivity contribution in [3.8, 4) is 18.2 Å². The van der Waals surface area contributed by atoms with Gasteiger partial charge in [-0.2, -0.15) is 0 Å². The van der Waals surface area contributed by atoms with Gasteiger partial charge in [0.1, 0.15) is 5.76 Å². The lowest BCUT2D eigenvalue weighted by Crippen LogP contribution is -2.00. The van der Waals surface area contributed by atoms with Gasteiger partial charge in [-0.15, -0.1) is 6.42 Å². The Morgan fingerprint density at radius 2 is 2.29 bits per heavy atom. The van der Waals surface area contributed by atoms with Gasteiger partial charge in [0.25, 0.3) is 5.88 Å². The van der Waals surface area contributed by atoms with Crippen molar-refractivity contribution in [1.82, 2.24) is 5.16 Å². The molecule has 1 aromatic heterocycles. The van der Waals surface area contributed by atoms with Gasteiger partial charge in [-0.25, -0.2) is 0 Å². The van der Waals surface area contributed by atoms with Gasteiger partial charge in [0.05, 0.1) is 0 Å². The van der Waals surface area contributed by atoms with Gasteiger partial charge >= 0.3 is 0 Å². The molecule has 1 atom stereocenters. The van der Waals surface area contributed by atoms with Crippen molar-refractivity contribution in [2.45, 2.75) is 26.7 Å². The molecule has 3 nitrogen and oxygen atoms in total. The van der Waals surface area contributed by atoms with Crippen LogP contribution in [0.15, 0.2) is 10.6 Å². The highest BCUT2D eigenvalue weighted by atomic mass is 16.5. The summed E-state index contributed by atoms with van der Waals surface area (Å²) >= 11 is 0. The molecule has 0 bridgehead atoms. The maximum absolute atomic E-state index is 5.14. The van der Waals surface area contributed by atoms with Crippen LogP contribution in [0.1, 0.15) is 32.4 Å². The highest BCUT2D eigenvalue weighted by molar-refractivity contribution is 5.15. The van der Waals surface area contributed by atoms with Crippen LogP contribution in [-0.2, 0) is 0 Å². The first-order valence-electron chi connectivity index (χ1n) is 4.68. The fourth-order valence-corrected chi connectivity index (χ4v) is 0.999. The summed E-state index contributed by atoms with van der Waals surface area (Å²) in [6, 6.07) is 1.79. The predicted molar refractivity (Wildman–Crippen MR) is 54.1 cm³/mol. The molecule has 1 rings (SSSR count). The Balaban J connectivity index is 2.64. The Morgan fingerprint density at radius 3 is 2.86 bits per heavy atom. The van der Waals surface area contributed by atoms with Crippen LogP contribution in [0.3, 0.4) is 0 Å². The molecule has 0 aromatic carbocycles. The largest absolute Gasteiger partial charge is 0.462 e. The second-order valence-corrected chi connectivity index (χ2v) is 3.59. The average Bonchev–Trinajstić information content (AvgIpc) is 2.61. The Bertz CT molecular complexity index is 322. The Hall–Kier alpha value is -1.43. The van der Waals surface area contributed by atoms with E-state index in [1.54, 1.807) is 6.07 Å². The minimum absolute atomic E-state index is 0.224. The van der Waals surface area contributed by atoms with Crippen molar-refractivity contribution in [3.63, 3.8) is 0 Å². The van der Waals surface area contributed by atoms with E-state index in [1.807, 2.05) is 0 Å². The quantitative estimate of drug-likeness (QED) is 0.689. The van der Waals surface area contributed by atoms with E-state index in [-0.39, 0.29) is 6.61 Å². The predicted octanol–water partition coefficient (Wildman–Crippen LogP) is 2.45. The first-order chi connectivity index (χ1) is 6.65. The SMILES string of the molecule is C#CCOc1cc(C(C)C(C)C)on1. The van der Waals surface area contributed by atoms with Gasteiger partial charge in [0.15, 0.2) is 6.61 Å². The molecule has 0 aliphatic carbocycles. The lowest BCUT2D eigenvalue weighted by atomic mass is 9.96. The van der Waals surface area contributed by atoms with E-state index in [9.17, 15) is 0 Å². The monoisotopic (exact) mass is 193 g/mol. The molecule has 3 heteroatoms. The highest BCUT2D eigenvalue weighted by Gasteiger charge is 2.15. The normalized spacial score (nSPS) is 12.5. The molecule has 0 N–H and O–H groups in total. The number of ether oxygens (including phenoxy) is 1. The molecular weight excluding hydrogens is 178 g/mol. The fourth-order valence-electron chi connectivity index (χ4n) is 0.999. The number of hydrogen-bond donors (Lipinski definition) is 0. The van der Waals surface area contributed by atoms with E-state index in [2.05, 4.69) is 31.8 Å². The zero-order valence-electron chi connectivity index (χ0n) is 8.78. The molecule has 0 aliphatic rings. The number of terminal acetylenes is 1. The molecule has 0 fully saturated rings. The van der Waals surface area contributed by atoms with Crippen LogP contribution in [0, 0.1) is 18.3 Å². The highest BCUT2D eigenvalue weighted by Crippen LogP contribution is 2.26. The summed E-state index contributed by atoms with van der Waals surface area (Å²) in [6.45, 7) is 6.59. The minimum Gasteiger partial charge on any atom is -0.462 e. The molecule has 76 valence electrons. The summed E-state index contributed by atoms with van der Waals surface area (Å²) < 4.78 is 10.3. The summed E-state index contributed by atoms with van der Waals surface area (Å²) in [5.41, 5.74) is 0. The third-order valence-electron chi connectivity index (χ3n) is 2.26. The van der Waals surface area contributed by atoms with Gasteiger partial charge in [0, 0.05) is 12.0 Å². The molecule has 1 aromatic rings. The van der Waals surface area contributed by atoms with Crippen LogP contribution in [0.5, 0.6) is 5.88 Å². The molecule has 0 aliphatic heterocycles. The van der Waals surface area contributed by atoms with E-state index in [1.165, 1.54) is 0 Å². The maximum Gasteiger partial charge on any atom is 0.255 e. The van der Waals surface area contributed by atoms with Gasteiger partial charge in [-0.3, -0.25) is 0 Å². The van der Waals surface area contributed by atoms with E-state index < -0.39 is 0 Å². The molecule has 0 saturated carbocycles. The third-order valence-corrected chi connectivity index (χ3v) is 2.26. The van der Waals surface area contributed by atoms with Gasteiger partial charge in [-0.05, 0) is 11.1 Å². The Labute approximate surface area is 84.4 Å². The van der Waals surface area contributed by atoms with Gasteiger partial charge in [0.2, 0.25) is 0 Å². The van der Waals surface area contributed by atoms with E-state index in [0.717, 1.165) is 5.76 Å². The van der Waals surface area contributed by atoms with Crippen LogP contribution in [-0.4, -0.2) is 11.8 Å². The lowest BCUT2D eigenvalue weighted by Gasteiger charge is -2.10. The average molecular weight is 193 g/mol. The van der Waals surface area contributed by atoms with Crippen LogP contribution in [0.2, 0.25) is 0 Å². The summed E-state index contributed by atoms with van der Waals surface area (Å²) in [5.74, 6) is 4.53. The van der Waals surface area contributed by atoms with Crippen LogP contribution in [0.4, 0.5) is 0 Å². The number of rotatable bonds is 4. The molecular formula is C11H15NO2. The Kier molecular flexibility index (Phi) is 3.58. The summed E-state index contributed by atoms with van der Waals surface area (Å²) in [5, 5.41) is 3.76. The Morgan fingerprint density at radius 1 is 1.57 bits per heavy atom. The molecule has 1 heterocycles. The molecule has 14 heavy (non-hydrogen) atoms. The second-order valence-electron chi connectivity index (χ2n) is 3.59. The molecule has 0 amide bonds. The summed E-state index contributed by atoms with van der Waals surface area (Å²) in [7, 11) is 0. The van der Waals surface area contributed by atoms with Crippen molar-refractivity contribution in [2.24, 2.45) is 5.92 Å². The fraction of sp³-hybridized carbons (Fsp3) is 0.545. The molecule has 0 radical (unpaired) electrons. The van der Waals surface area contributed by atoms with E-state index in [4.69, 9.17) is 15.7 Å². The minimum atomic E-state index is 0.224. The van der Waals surface area contributed by atoms with Crippen molar-refractivity contribution in [1.29, 1.82) is 0 Å². The first-order valence-corrected chi connectivity index (χ1v) is 4.68. The smallest absolute Gasteiger partial charge is 0.255 e. The van der Waals surface area contributed by atoms with Gasteiger partial charge < -0.3 is 9.26 Å². The van der Waals surface area contributed by atoms with E-state index in [0.29, 0.717) is 17.7 Å². The van der Waals surface area contributed by atoms with Crippen molar-refractivity contribution < 1.29 is 9.26 Å².